The number of ketones is 1. The van der Waals surface area contributed by atoms with E-state index in [1.165, 1.54) is 6.92 Å². The Morgan fingerprint density at radius 2 is 1.88 bits per heavy atom. The maximum atomic E-state index is 11.5. The molecule has 5 nitrogen and oxygen atoms in total. The van der Waals surface area contributed by atoms with Gasteiger partial charge in [0.1, 0.15) is 0 Å². The fourth-order valence-electron chi connectivity index (χ4n) is 1.42. The zero-order chi connectivity index (χ0) is 13.3. The lowest BCUT2D eigenvalue weighted by Crippen LogP contribution is -2.43. The predicted octanol–water partition coefficient (Wildman–Crippen LogP) is 0.342. The van der Waals surface area contributed by atoms with E-state index >= 15 is 0 Å². The third kappa shape index (κ3) is 7.88. The molecule has 0 saturated heterocycles. The van der Waals surface area contributed by atoms with Crippen LogP contribution in [0, 0.1) is 5.92 Å². The quantitative estimate of drug-likeness (QED) is 0.574. The van der Waals surface area contributed by atoms with Crippen molar-refractivity contribution in [3.8, 4) is 0 Å². The fraction of sp³-hybridized carbons (Fsp3) is 0.833. The van der Waals surface area contributed by atoms with Gasteiger partial charge < -0.3 is 15.4 Å². The van der Waals surface area contributed by atoms with E-state index in [0.29, 0.717) is 19.6 Å². The number of carbonyl (C=O) groups is 2. The van der Waals surface area contributed by atoms with Crippen molar-refractivity contribution >= 4 is 11.7 Å². The van der Waals surface area contributed by atoms with Crippen molar-refractivity contribution in [2.75, 3.05) is 26.8 Å². The van der Waals surface area contributed by atoms with Gasteiger partial charge in [0.25, 0.3) is 0 Å². The second kappa shape index (κ2) is 9.13. The molecule has 17 heavy (non-hydrogen) atoms. The molecule has 100 valence electrons. The average molecular weight is 244 g/mol. The van der Waals surface area contributed by atoms with Gasteiger partial charge >= 0.3 is 0 Å². The van der Waals surface area contributed by atoms with Gasteiger partial charge in [0, 0.05) is 13.0 Å². The lowest BCUT2D eigenvalue weighted by atomic mass is 10.0. The van der Waals surface area contributed by atoms with E-state index in [2.05, 4.69) is 10.6 Å². The van der Waals surface area contributed by atoms with Crippen LogP contribution in [0.4, 0.5) is 0 Å². The first kappa shape index (κ1) is 16.1. The fourth-order valence-corrected chi connectivity index (χ4v) is 1.42. The van der Waals surface area contributed by atoms with Crippen molar-refractivity contribution in [2.45, 2.75) is 33.2 Å². The monoisotopic (exact) mass is 244 g/mol. The van der Waals surface area contributed by atoms with E-state index in [1.807, 2.05) is 20.9 Å². The lowest BCUT2D eigenvalue weighted by Gasteiger charge is -2.19. The second-order valence-electron chi connectivity index (χ2n) is 4.37. The lowest BCUT2D eigenvalue weighted by molar-refractivity contribution is -0.128. The SMILES string of the molecule is CNCCOCCC(=O)N[C@@H](C(C)=O)C(C)C. The van der Waals surface area contributed by atoms with Crippen molar-refractivity contribution in [1.29, 1.82) is 0 Å². The van der Waals surface area contributed by atoms with Crippen LogP contribution in [0.15, 0.2) is 0 Å². The zero-order valence-corrected chi connectivity index (χ0v) is 11.2. The van der Waals surface area contributed by atoms with Crippen LogP contribution in [0.3, 0.4) is 0 Å². The van der Waals surface area contributed by atoms with Gasteiger partial charge in [0.05, 0.1) is 19.3 Å². The van der Waals surface area contributed by atoms with Crippen LogP contribution in [0.25, 0.3) is 0 Å². The van der Waals surface area contributed by atoms with Gasteiger partial charge in [-0.25, -0.2) is 0 Å². The van der Waals surface area contributed by atoms with Crippen LogP contribution in [-0.4, -0.2) is 44.5 Å². The number of hydrogen-bond donors (Lipinski definition) is 2. The Bertz CT molecular complexity index is 242. The van der Waals surface area contributed by atoms with Crippen molar-refractivity contribution in [3.63, 3.8) is 0 Å². The molecule has 5 heteroatoms. The molecule has 0 saturated carbocycles. The molecule has 0 aliphatic heterocycles. The highest BCUT2D eigenvalue weighted by molar-refractivity contribution is 5.87. The molecular formula is C12H24N2O3. The van der Waals surface area contributed by atoms with Gasteiger partial charge in [-0.05, 0) is 19.9 Å². The molecule has 0 radical (unpaired) electrons. The molecule has 0 aromatic heterocycles. The molecule has 1 atom stereocenters. The van der Waals surface area contributed by atoms with E-state index in [-0.39, 0.29) is 23.7 Å². The van der Waals surface area contributed by atoms with E-state index < -0.39 is 0 Å². The third-order valence-corrected chi connectivity index (χ3v) is 2.39. The second-order valence-corrected chi connectivity index (χ2v) is 4.37. The standard InChI is InChI=1S/C12H24N2O3/c1-9(2)12(10(3)15)14-11(16)5-7-17-8-6-13-4/h9,12-13H,5-8H2,1-4H3,(H,14,16)/t12-/m1/s1. The number of nitrogens with one attached hydrogen (secondary N) is 2. The minimum Gasteiger partial charge on any atom is -0.380 e. The molecule has 0 aliphatic carbocycles. The number of amides is 1. The third-order valence-electron chi connectivity index (χ3n) is 2.39. The summed E-state index contributed by atoms with van der Waals surface area (Å²) in [6.07, 6.45) is 0.292. The van der Waals surface area contributed by atoms with Crippen molar-refractivity contribution in [3.05, 3.63) is 0 Å². The van der Waals surface area contributed by atoms with Gasteiger partial charge in [0.2, 0.25) is 5.91 Å². The van der Waals surface area contributed by atoms with Crippen LogP contribution in [0.5, 0.6) is 0 Å². The van der Waals surface area contributed by atoms with Gasteiger partial charge in [0.15, 0.2) is 5.78 Å². The molecule has 0 bridgehead atoms. The summed E-state index contributed by atoms with van der Waals surface area (Å²) in [5.74, 6) is -0.0329. The largest absolute Gasteiger partial charge is 0.380 e. The summed E-state index contributed by atoms with van der Waals surface area (Å²) in [5.41, 5.74) is 0. The first-order valence-corrected chi connectivity index (χ1v) is 6.01. The highest BCUT2D eigenvalue weighted by atomic mass is 16.5. The Balaban J connectivity index is 3.80. The van der Waals surface area contributed by atoms with E-state index in [0.717, 1.165) is 6.54 Å². The van der Waals surface area contributed by atoms with Crippen LogP contribution in [-0.2, 0) is 14.3 Å². The molecule has 1 amide bonds. The van der Waals surface area contributed by atoms with Crippen LogP contribution < -0.4 is 10.6 Å². The normalized spacial score (nSPS) is 12.5. The Morgan fingerprint density at radius 1 is 1.24 bits per heavy atom. The number of hydrogen-bond acceptors (Lipinski definition) is 4. The number of rotatable bonds is 9. The molecule has 0 aromatic carbocycles. The number of carbonyl (C=O) groups excluding carboxylic acids is 2. The first-order valence-electron chi connectivity index (χ1n) is 6.01. The molecule has 0 unspecified atom stereocenters. The molecule has 0 aliphatic rings. The minimum absolute atomic E-state index is 0.00977. The van der Waals surface area contributed by atoms with Crippen LogP contribution in [0.1, 0.15) is 27.2 Å². The Morgan fingerprint density at radius 3 is 2.35 bits per heavy atom. The summed E-state index contributed by atoms with van der Waals surface area (Å²) in [4.78, 5) is 22.8. The summed E-state index contributed by atoms with van der Waals surface area (Å²) in [6, 6.07) is -0.389. The Kier molecular flexibility index (Phi) is 8.62. The molecule has 0 heterocycles. The highest BCUT2D eigenvalue weighted by Crippen LogP contribution is 2.03. The highest BCUT2D eigenvalue weighted by Gasteiger charge is 2.20. The number of likely N-dealkylation sites (N-methyl/N-ethyl adjacent to an activating group) is 1. The summed E-state index contributed by atoms with van der Waals surface area (Å²) in [6.45, 7) is 7.06. The number of ether oxygens (including phenoxy) is 1. The van der Waals surface area contributed by atoms with Crippen LogP contribution >= 0.6 is 0 Å². The molecule has 0 rings (SSSR count). The van der Waals surface area contributed by atoms with Crippen molar-refractivity contribution < 1.29 is 14.3 Å². The molecule has 2 N–H and O–H groups in total. The predicted molar refractivity (Wildman–Crippen MR) is 66.8 cm³/mol. The van der Waals surface area contributed by atoms with Crippen LogP contribution in [0.2, 0.25) is 0 Å². The van der Waals surface area contributed by atoms with Crippen molar-refractivity contribution in [2.24, 2.45) is 5.92 Å². The van der Waals surface area contributed by atoms with E-state index in [1.54, 1.807) is 0 Å². The average Bonchev–Trinajstić information content (AvgIpc) is 2.24. The smallest absolute Gasteiger partial charge is 0.222 e. The maximum absolute atomic E-state index is 11.5. The Hall–Kier alpha value is -0.940. The first-order chi connectivity index (χ1) is 7.99. The summed E-state index contributed by atoms with van der Waals surface area (Å²) in [5, 5.41) is 5.67. The van der Waals surface area contributed by atoms with Gasteiger partial charge in [-0.1, -0.05) is 13.8 Å². The molecular weight excluding hydrogens is 220 g/mol. The van der Waals surface area contributed by atoms with Gasteiger partial charge in [-0.3, -0.25) is 9.59 Å². The molecule has 0 fully saturated rings. The molecule has 0 spiro atoms. The zero-order valence-electron chi connectivity index (χ0n) is 11.2. The van der Waals surface area contributed by atoms with Crippen molar-refractivity contribution in [1.82, 2.24) is 10.6 Å². The minimum atomic E-state index is -0.389. The summed E-state index contributed by atoms with van der Waals surface area (Å²) in [7, 11) is 1.84. The maximum Gasteiger partial charge on any atom is 0.222 e. The Labute approximate surface area is 103 Å². The number of Topliss-reactive ketones (excluding diaryl/α,β-unsaturated/α-hetero) is 1. The van der Waals surface area contributed by atoms with Gasteiger partial charge in [-0.2, -0.15) is 0 Å². The van der Waals surface area contributed by atoms with E-state index in [9.17, 15) is 9.59 Å². The summed E-state index contributed by atoms with van der Waals surface area (Å²) >= 11 is 0. The molecule has 0 aromatic rings. The topological polar surface area (TPSA) is 67.4 Å². The van der Waals surface area contributed by atoms with E-state index in [4.69, 9.17) is 4.74 Å². The van der Waals surface area contributed by atoms with Gasteiger partial charge in [-0.15, -0.1) is 0 Å². The summed E-state index contributed by atoms with van der Waals surface area (Å²) < 4.78 is 5.24.